The summed E-state index contributed by atoms with van der Waals surface area (Å²) in [6, 6.07) is 16.5. The van der Waals surface area contributed by atoms with E-state index in [1.54, 1.807) is 13.3 Å². The van der Waals surface area contributed by atoms with Crippen LogP contribution in [0.25, 0.3) is 11.3 Å². The van der Waals surface area contributed by atoms with Crippen LogP contribution in [0.2, 0.25) is 0 Å². The molecule has 25 heavy (non-hydrogen) atoms. The van der Waals surface area contributed by atoms with Crippen molar-refractivity contribution in [3.63, 3.8) is 0 Å². The Bertz CT molecular complexity index is 861. The molecule has 0 amide bonds. The minimum atomic E-state index is 0.657. The summed E-state index contributed by atoms with van der Waals surface area (Å²) in [4.78, 5) is 8.94. The van der Waals surface area contributed by atoms with Gasteiger partial charge in [0, 0.05) is 18.3 Å². The van der Waals surface area contributed by atoms with E-state index in [1.165, 1.54) is 11.1 Å². The molecule has 0 aliphatic carbocycles. The molecule has 1 aromatic heterocycles. The van der Waals surface area contributed by atoms with E-state index in [9.17, 15) is 0 Å². The molecule has 1 heterocycles. The fourth-order valence-corrected chi connectivity index (χ4v) is 2.82. The molecule has 0 saturated carbocycles. The zero-order valence-corrected chi connectivity index (χ0v) is 14.9. The zero-order chi connectivity index (χ0) is 17.6. The Morgan fingerprint density at radius 1 is 1.04 bits per heavy atom. The highest BCUT2D eigenvalue weighted by molar-refractivity contribution is 5.60. The maximum Gasteiger partial charge on any atom is 0.223 e. The third-order valence-electron chi connectivity index (χ3n) is 4.13. The van der Waals surface area contributed by atoms with Gasteiger partial charge >= 0.3 is 0 Å². The summed E-state index contributed by atoms with van der Waals surface area (Å²) in [7, 11) is 1.70. The fourth-order valence-electron chi connectivity index (χ4n) is 2.82. The lowest BCUT2D eigenvalue weighted by molar-refractivity contribution is 0.411. The van der Waals surface area contributed by atoms with E-state index in [2.05, 4.69) is 59.5 Å². The van der Waals surface area contributed by atoms with Crippen LogP contribution in [-0.4, -0.2) is 23.6 Å². The molecule has 1 N–H and O–H groups in total. The second-order valence-corrected chi connectivity index (χ2v) is 6.12. The predicted octanol–water partition coefficient (Wildman–Crippen LogP) is 4.42. The van der Waals surface area contributed by atoms with E-state index >= 15 is 0 Å². The molecule has 0 unspecified atom stereocenters. The summed E-state index contributed by atoms with van der Waals surface area (Å²) in [5.41, 5.74) is 5.68. The van der Waals surface area contributed by atoms with E-state index in [1.807, 2.05) is 18.2 Å². The van der Waals surface area contributed by atoms with E-state index in [-0.39, 0.29) is 0 Å². The lowest BCUT2D eigenvalue weighted by Crippen LogP contribution is -2.08. The molecule has 3 rings (SSSR count). The van der Waals surface area contributed by atoms with Gasteiger partial charge in [-0.25, -0.2) is 9.97 Å². The lowest BCUT2D eigenvalue weighted by atomic mass is 10.1. The fraction of sp³-hybridized carbons (Fsp3) is 0.238. The number of anilines is 1. The van der Waals surface area contributed by atoms with Crippen LogP contribution in [0.4, 0.5) is 5.95 Å². The number of benzene rings is 2. The molecule has 0 aliphatic heterocycles. The molecule has 0 radical (unpaired) electrons. The first kappa shape index (κ1) is 17.0. The van der Waals surface area contributed by atoms with Crippen LogP contribution >= 0.6 is 0 Å². The summed E-state index contributed by atoms with van der Waals surface area (Å²) in [5.74, 6) is 1.58. The first-order valence-corrected chi connectivity index (χ1v) is 8.43. The molecule has 128 valence electrons. The molecular formula is C21H23N3O. The molecule has 0 fully saturated rings. The Morgan fingerprint density at radius 2 is 1.92 bits per heavy atom. The average molecular weight is 333 g/mol. The van der Waals surface area contributed by atoms with Gasteiger partial charge in [0.05, 0.1) is 12.8 Å². The molecule has 0 spiro atoms. The van der Waals surface area contributed by atoms with Crippen molar-refractivity contribution >= 4 is 5.95 Å². The smallest absolute Gasteiger partial charge is 0.223 e. The molecule has 0 saturated heterocycles. The summed E-state index contributed by atoms with van der Waals surface area (Å²) in [6.07, 6.45) is 2.70. The normalized spacial score (nSPS) is 10.5. The van der Waals surface area contributed by atoms with Crippen molar-refractivity contribution in [1.82, 2.24) is 9.97 Å². The van der Waals surface area contributed by atoms with Crippen LogP contribution in [0, 0.1) is 13.8 Å². The van der Waals surface area contributed by atoms with Gasteiger partial charge in [-0.05, 0) is 49.6 Å². The van der Waals surface area contributed by atoms with Crippen LogP contribution < -0.4 is 10.1 Å². The Labute approximate surface area is 148 Å². The van der Waals surface area contributed by atoms with Crippen molar-refractivity contribution in [3.05, 3.63) is 71.4 Å². The molecule has 4 heteroatoms. The number of nitrogens with one attached hydrogen (secondary N) is 1. The highest BCUT2D eigenvalue weighted by atomic mass is 16.5. The van der Waals surface area contributed by atoms with Gasteiger partial charge in [-0.15, -0.1) is 0 Å². The van der Waals surface area contributed by atoms with Gasteiger partial charge in [0.25, 0.3) is 0 Å². The molecule has 0 aliphatic rings. The number of hydrogen-bond acceptors (Lipinski definition) is 4. The summed E-state index contributed by atoms with van der Waals surface area (Å²) >= 11 is 0. The van der Waals surface area contributed by atoms with Crippen LogP contribution in [-0.2, 0) is 6.42 Å². The Hall–Kier alpha value is -2.88. The quantitative estimate of drug-likeness (QED) is 0.725. The van der Waals surface area contributed by atoms with Crippen molar-refractivity contribution in [1.29, 1.82) is 0 Å². The average Bonchev–Trinajstić information content (AvgIpc) is 2.62. The lowest BCUT2D eigenvalue weighted by Gasteiger charge is -2.09. The zero-order valence-electron chi connectivity index (χ0n) is 14.9. The Morgan fingerprint density at radius 3 is 2.68 bits per heavy atom. The second-order valence-electron chi connectivity index (χ2n) is 6.12. The third-order valence-corrected chi connectivity index (χ3v) is 4.13. The first-order valence-electron chi connectivity index (χ1n) is 8.43. The van der Waals surface area contributed by atoms with E-state index in [0.29, 0.717) is 5.95 Å². The molecule has 0 atom stereocenters. The molecule has 4 nitrogen and oxygen atoms in total. The van der Waals surface area contributed by atoms with E-state index < -0.39 is 0 Å². The van der Waals surface area contributed by atoms with Gasteiger partial charge in [-0.1, -0.05) is 35.9 Å². The van der Waals surface area contributed by atoms with Crippen LogP contribution in [0.15, 0.2) is 54.7 Å². The number of aryl methyl sites for hydroxylation is 2. The van der Waals surface area contributed by atoms with E-state index in [4.69, 9.17) is 4.74 Å². The molecule has 0 bridgehead atoms. The van der Waals surface area contributed by atoms with Crippen molar-refractivity contribution < 1.29 is 4.74 Å². The maximum absolute atomic E-state index is 5.30. The van der Waals surface area contributed by atoms with Gasteiger partial charge in [-0.2, -0.15) is 0 Å². The minimum absolute atomic E-state index is 0.657. The third kappa shape index (κ3) is 4.35. The number of rotatable bonds is 6. The monoisotopic (exact) mass is 333 g/mol. The largest absolute Gasteiger partial charge is 0.496 e. The Balaban J connectivity index is 1.64. The maximum atomic E-state index is 5.30. The van der Waals surface area contributed by atoms with Crippen LogP contribution in [0.5, 0.6) is 5.75 Å². The Kier molecular flexibility index (Phi) is 5.29. The van der Waals surface area contributed by atoms with Crippen molar-refractivity contribution in [2.45, 2.75) is 20.3 Å². The highest BCUT2D eigenvalue weighted by Crippen LogP contribution is 2.20. The molecule has 3 aromatic rings. The van der Waals surface area contributed by atoms with Gasteiger partial charge in [0.2, 0.25) is 5.95 Å². The van der Waals surface area contributed by atoms with Crippen molar-refractivity contribution in [2.75, 3.05) is 19.0 Å². The van der Waals surface area contributed by atoms with Gasteiger partial charge in [0.1, 0.15) is 5.75 Å². The summed E-state index contributed by atoms with van der Waals surface area (Å²) in [6.45, 7) is 4.92. The number of nitrogens with zero attached hydrogens (tertiary/aromatic N) is 2. The predicted molar refractivity (Wildman–Crippen MR) is 102 cm³/mol. The number of methoxy groups -OCH3 is 1. The first-order chi connectivity index (χ1) is 12.2. The van der Waals surface area contributed by atoms with Crippen molar-refractivity contribution in [3.8, 4) is 17.0 Å². The number of hydrogen-bond donors (Lipinski definition) is 1. The number of aromatic nitrogens is 2. The second kappa shape index (κ2) is 7.79. The van der Waals surface area contributed by atoms with Crippen LogP contribution in [0.3, 0.4) is 0 Å². The highest BCUT2D eigenvalue weighted by Gasteiger charge is 2.04. The minimum Gasteiger partial charge on any atom is -0.496 e. The standard InChI is InChI=1S/C21H23N3O/c1-15-5-4-6-18(13-15)19-10-12-23-21(24-19)22-11-9-17-7-8-20(25-3)16(2)14-17/h4-8,10,12-14H,9,11H2,1-3H3,(H,22,23,24). The van der Waals surface area contributed by atoms with Gasteiger partial charge in [-0.3, -0.25) is 0 Å². The van der Waals surface area contributed by atoms with Crippen molar-refractivity contribution in [2.24, 2.45) is 0 Å². The SMILES string of the molecule is COc1ccc(CCNc2nccc(-c3cccc(C)c3)n2)cc1C. The molecular weight excluding hydrogens is 310 g/mol. The van der Waals surface area contributed by atoms with Gasteiger partial charge < -0.3 is 10.1 Å². The summed E-state index contributed by atoms with van der Waals surface area (Å²) in [5, 5.41) is 3.31. The topological polar surface area (TPSA) is 47.0 Å². The van der Waals surface area contributed by atoms with Crippen LogP contribution in [0.1, 0.15) is 16.7 Å². The van der Waals surface area contributed by atoms with E-state index in [0.717, 1.165) is 35.5 Å². The number of ether oxygens (including phenoxy) is 1. The summed E-state index contributed by atoms with van der Waals surface area (Å²) < 4.78 is 5.30. The van der Waals surface area contributed by atoms with Gasteiger partial charge in [0.15, 0.2) is 0 Å². The molecule has 2 aromatic carbocycles.